The largest absolute Gasteiger partial charge is 0.300 e. The lowest BCUT2D eigenvalue weighted by Gasteiger charge is -2.26. The number of sulfonamides is 1. The molecule has 7 nitrogen and oxygen atoms in total. The minimum absolute atomic E-state index is 0.0244. The fourth-order valence-electron chi connectivity index (χ4n) is 3.48. The summed E-state index contributed by atoms with van der Waals surface area (Å²) in [5, 5.41) is 4.31. The van der Waals surface area contributed by atoms with E-state index in [1.807, 2.05) is 30.3 Å². The van der Waals surface area contributed by atoms with Crippen molar-refractivity contribution in [2.24, 2.45) is 4.99 Å². The molecular weight excluding hydrogens is 480 g/mol. The van der Waals surface area contributed by atoms with Crippen molar-refractivity contribution < 1.29 is 13.2 Å². The van der Waals surface area contributed by atoms with E-state index in [1.165, 1.54) is 30.0 Å². The van der Waals surface area contributed by atoms with Gasteiger partial charge in [0, 0.05) is 17.6 Å². The molecule has 5 rings (SSSR count). The van der Waals surface area contributed by atoms with Crippen LogP contribution in [-0.2, 0) is 14.8 Å². The molecule has 2 fully saturated rings. The van der Waals surface area contributed by atoms with Crippen molar-refractivity contribution in [2.45, 2.75) is 30.2 Å². The second-order valence-electron chi connectivity index (χ2n) is 7.80. The van der Waals surface area contributed by atoms with Gasteiger partial charge in [0.25, 0.3) is 5.91 Å². The van der Waals surface area contributed by atoms with Crippen molar-refractivity contribution >= 4 is 67.1 Å². The molecule has 33 heavy (non-hydrogen) atoms. The van der Waals surface area contributed by atoms with Gasteiger partial charge in [-0.1, -0.05) is 30.2 Å². The van der Waals surface area contributed by atoms with Crippen LogP contribution in [-0.4, -0.2) is 30.5 Å². The summed E-state index contributed by atoms with van der Waals surface area (Å²) < 4.78 is 28.0. The van der Waals surface area contributed by atoms with Gasteiger partial charge in [0.2, 0.25) is 10.0 Å². The summed E-state index contributed by atoms with van der Waals surface area (Å²) in [6.07, 6.45) is 6.22. The number of carbonyl (C=O) groups is 1. The fourth-order valence-corrected chi connectivity index (χ4v) is 5.80. The Labute approximate surface area is 200 Å². The van der Waals surface area contributed by atoms with Crippen LogP contribution >= 0.6 is 23.4 Å². The van der Waals surface area contributed by atoms with Crippen LogP contribution in [0.1, 0.15) is 24.8 Å². The quantitative estimate of drug-likeness (QED) is 0.500. The smallest absolute Gasteiger partial charge is 0.264 e. The van der Waals surface area contributed by atoms with Crippen LogP contribution in [0.15, 0.2) is 69.5 Å². The lowest BCUT2D eigenvalue weighted by atomic mass is 9.94. The molecule has 1 aromatic heterocycles. The highest BCUT2D eigenvalue weighted by atomic mass is 35.5. The highest BCUT2D eigenvalue weighted by molar-refractivity contribution is 8.18. The van der Waals surface area contributed by atoms with E-state index in [-0.39, 0.29) is 22.5 Å². The number of fused-ring (bicyclic) bond motifs is 1. The van der Waals surface area contributed by atoms with E-state index in [4.69, 9.17) is 11.6 Å². The predicted molar refractivity (Wildman–Crippen MR) is 132 cm³/mol. The van der Waals surface area contributed by atoms with E-state index < -0.39 is 10.0 Å². The van der Waals surface area contributed by atoms with Crippen molar-refractivity contribution in [1.82, 2.24) is 15.0 Å². The molecular formula is C23H19ClN4O3S2. The molecule has 1 saturated heterocycles. The molecule has 0 radical (unpaired) electrons. The third-order valence-corrected chi connectivity index (χ3v) is 8.20. The molecule has 2 heterocycles. The predicted octanol–water partition coefficient (Wildman–Crippen LogP) is 4.61. The third kappa shape index (κ3) is 4.81. The van der Waals surface area contributed by atoms with Crippen LogP contribution in [0.3, 0.4) is 0 Å². The average Bonchev–Trinajstić information content (AvgIpc) is 3.11. The second-order valence-corrected chi connectivity index (χ2v) is 11.0. The van der Waals surface area contributed by atoms with Crippen molar-refractivity contribution in [1.29, 1.82) is 0 Å². The summed E-state index contributed by atoms with van der Waals surface area (Å²) in [4.78, 5) is 21.8. The Morgan fingerprint density at radius 2 is 2.03 bits per heavy atom. The van der Waals surface area contributed by atoms with Crippen LogP contribution in [0.25, 0.3) is 17.0 Å². The molecule has 168 valence electrons. The standard InChI is InChI=1S/C23H19ClN4O3S2/c24-18-8-7-17(33(30,31)28-16-4-1-5-16)13-20(18)26-23-27-22(29)21(32-23)12-14-6-9-19-15(11-14)3-2-10-25-19/h2-3,6-13,16,28H,1,4-5H2,(H,26,27,29). The normalized spacial score (nSPS) is 19.2. The summed E-state index contributed by atoms with van der Waals surface area (Å²) in [5.41, 5.74) is 2.01. The summed E-state index contributed by atoms with van der Waals surface area (Å²) in [6.45, 7) is 0. The van der Waals surface area contributed by atoms with E-state index >= 15 is 0 Å². The maximum absolute atomic E-state index is 12.6. The van der Waals surface area contributed by atoms with Crippen LogP contribution in [0.2, 0.25) is 5.02 Å². The maximum atomic E-state index is 12.6. The molecule has 1 amide bonds. The number of amides is 1. The van der Waals surface area contributed by atoms with Crippen LogP contribution in [0, 0.1) is 0 Å². The molecule has 1 aliphatic heterocycles. The number of carbonyl (C=O) groups excluding carboxylic acids is 1. The Morgan fingerprint density at radius 1 is 1.18 bits per heavy atom. The number of halogens is 1. The Hall–Kier alpha value is -2.72. The minimum atomic E-state index is -3.66. The molecule has 10 heteroatoms. The van der Waals surface area contributed by atoms with Gasteiger partial charge in [-0.05, 0) is 72.6 Å². The van der Waals surface area contributed by atoms with Gasteiger partial charge in [0.1, 0.15) is 0 Å². The van der Waals surface area contributed by atoms with Crippen LogP contribution < -0.4 is 10.0 Å². The number of pyridine rings is 1. The zero-order valence-corrected chi connectivity index (χ0v) is 19.7. The van der Waals surface area contributed by atoms with E-state index in [1.54, 1.807) is 12.3 Å². The van der Waals surface area contributed by atoms with Gasteiger partial charge in [-0.2, -0.15) is 0 Å². The number of benzene rings is 2. The Kier molecular flexibility index (Phi) is 5.96. The van der Waals surface area contributed by atoms with E-state index in [2.05, 4.69) is 20.0 Å². The molecule has 3 aromatic rings. The van der Waals surface area contributed by atoms with Gasteiger partial charge >= 0.3 is 0 Å². The summed E-state index contributed by atoms with van der Waals surface area (Å²) >= 11 is 7.43. The monoisotopic (exact) mass is 498 g/mol. The topological polar surface area (TPSA) is 101 Å². The van der Waals surface area contributed by atoms with Gasteiger partial charge in [-0.25, -0.2) is 18.1 Å². The van der Waals surface area contributed by atoms with Gasteiger partial charge < -0.3 is 5.32 Å². The van der Waals surface area contributed by atoms with Gasteiger partial charge in [0.05, 0.1) is 26.0 Å². The third-order valence-electron chi connectivity index (χ3n) is 5.45. The second kappa shape index (κ2) is 8.90. The Morgan fingerprint density at radius 3 is 2.82 bits per heavy atom. The SMILES string of the molecule is O=C1NC(=Nc2cc(S(=O)(=O)NC3CCC3)ccc2Cl)SC1=Cc1ccc2ncccc2c1. The first-order valence-electron chi connectivity index (χ1n) is 10.3. The van der Waals surface area contributed by atoms with Crippen molar-refractivity contribution in [2.75, 3.05) is 0 Å². The first-order valence-corrected chi connectivity index (χ1v) is 13.0. The summed E-state index contributed by atoms with van der Waals surface area (Å²) in [5.74, 6) is -0.281. The molecule has 0 atom stereocenters. The van der Waals surface area contributed by atoms with E-state index in [0.29, 0.717) is 15.1 Å². The lowest BCUT2D eigenvalue weighted by Crippen LogP contribution is -2.39. The number of rotatable bonds is 5. The lowest BCUT2D eigenvalue weighted by molar-refractivity contribution is -0.115. The highest BCUT2D eigenvalue weighted by Gasteiger charge is 2.26. The molecule has 0 unspecified atom stereocenters. The molecule has 1 saturated carbocycles. The van der Waals surface area contributed by atoms with Gasteiger partial charge in [-0.3, -0.25) is 9.78 Å². The number of hydrogen-bond donors (Lipinski definition) is 2. The molecule has 0 bridgehead atoms. The number of thioether (sulfide) groups is 1. The number of nitrogens with one attached hydrogen (secondary N) is 2. The summed E-state index contributed by atoms with van der Waals surface area (Å²) in [7, 11) is -3.66. The number of amidine groups is 1. The maximum Gasteiger partial charge on any atom is 0.264 e. The Balaban J connectivity index is 1.39. The van der Waals surface area contributed by atoms with Gasteiger partial charge in [-0.15, -0.1) is 0 Å². The zero-order chi connectivity index (χ0) is 23.0. The first-order chi connectivity index (χ1) is 15.9. The number of aliphatic imine (C=N–C) groups is 1. The van der Waals surface area contributed by atoms with E-state index in [9.17, 15) is 13.2 Å². The molecule has 2 N–H and O–H groups in total. The van der Waals surface area contributed by atoms with E-state index in [0.717, 1.165) is 35.7 Å². The Bertz CT molecular complexity index is 1430. The minimum Gasteiger partial charge on any atom is -0.300 e. The molecule has 2 aliphatic rings. The van der Waals surface area contributed by atoms with Gasteiger partial charge in [0.15, 0.2) is 5.17 Å². The first kappa shape index (κ1) is 22.1. The van der Waals surface area contributed by atoms with Crippen molar-refractivity contribution in [3.05, 3.63) is 70.2 Å². The number of aromatic nitrogens is 1. The number of nitrogens with zero attached hydrogens (tertiary/aromatic N) is 2. The molecule has 1 aliphatic carbocycles. The zero-order valence-electron chi connectivity index (χ0n) is 17.3. The fraction of sp³-hybridized carbons (Fsp3) is 0.174. The van der Waals surface area contributed by atoms with Crippen molar-refractivity contribution in [3.63, 3.8) is 0 Å². The van der Waals surface area contributed by atoms with Crippen molar-refractivity contribution in [3.8, 4) is 0 Å². The summed E-state index contributed by atoms with van der Waals surface area (Å²) in [6, 6.07) is 13.9. The molecule has 0 spiro atoms. The van der Waals surface area contributed by atoms with Crippen LogP contribution in [0.5, 0.6) is 0 Å². The number of hydrogen-bond acceptors (Lipinski definition) is 6. The highest BCUT2D eigenvalue weighted by Crippen LogP contribution is 2.33. The average molecular weight is 499 g/mol. The van der Waals surface area contributed by atoms with Crippen LogP contribution in [0.4, 0.5) is 5.69 Å². The molecule has 2 aromatic carbocycles.